The highest BCUT2D eigenvalue weighted by atomic mass is 35.5. The number of carbonyl (C=O) groups is 1. The van der Waals surface area contributed by atoms with Crippen LogP contribution in [0.4, 0.5) is 5.69 Å². The number of carbonyl (C=O) groups excluding carboxylic acids is 1. The summed E-state index contributed by atoms with van der Waals surface area (Å²) >= 11 is 6.11. The normalized spacial score (nSPS) is 19.9. The van der Waals surface area contributed by atoms with Crippen LogP contribution in [0.25, 0.3) is 0 Å². The number of rotatable bonds is 2. The van der Waals surface area contributed by atoms with Crippen molar-refractivity contribution >= 4 is 23.3 Å². The molecule has 1 atom stereocenters. The van der Waals surface area contributed by atoms with Crippen LogP contribution in [-0.2, 0) is 9.53 Å². The number of para-hydroxylation sites is 1. The van der Waals surface area contributed by atoms with Gasteiger partial charge in [-0.05, 0) is 18.6 Å². The van der Waals surface area contributed by atoms with Gasteiger partial charge in [0.05, 0.1) is 23.7 Å². The van der Waals surface area contributed by atoms with E-state index in [-0.39, 0.29) is 11.9 Å². The number of nitrogens with zero attached hydrogens (tertiary/aromatic N) is 1. The van der Waals surface area contributed by atoms with Crippen LogP contribution in [-0.4, -0.2) is 26.2 Å². The van der Waals surface area contributed by atoms with Crippen molar-refractivity contribution in [3.63, 3.8) is 0 Å². The molecule has 1 aromatic carbocycles. The molecule has 1 aromatic rings. The van der Waals surface area contributed by atoms with Gasteiger partial charge in [0.15, 0.2) is 0 Å². The van der Waals surface area contributed by atoms with Gasteiger partial charge in [0.2, 0.25) is 0 Å². The molecule has 1 aliphatic heterocycles. The van der Waals surface area contributed by atoms with Gasteiger partial charge in [-0.2, -0.15) is 0 Å². The van der Waals surface area contributed by atoms with Crippen molar-refractivity contribution in [3.05, 3.63) is 29.3 Å². The molecule has 1 fully saturated rings. The SMILES string of the molecule is COC(=O)C1CCN(c2ccccc2Cl)C1. The maximum absolute atomic E-state index is 11.4. The van der Waals surface area contributed by atoms with Gasteiger partial charge in [-0.1, -0.05) is 23.7 Å². The first kappa shape index (κ1) is 11.3. The number of esters is 1. The lowest BCUT2D eigenvalue weighted by Gasteiger charge is -2.19. The number of benzene rings is 1. The minimum absolute atomic E-state index is 0.0266. The minimum atomic E-state index is -0.130. The zero-order valence-corrected chi connectivity index (χ0v) is 9.91. The van der Waals surface area contributed by atoms with Crippen molar-refractivity contribution in [3.8, 4) is 0 Å². The van der Waals surface area contributed by atoms with Crippen LogP contribution in [0, 0.1) is 5.92 Å². The Hall–Kier alpha value is -1.22. The third-order valence-electron chi connectivity index (χ3n) is 2.92. The van der Waals surface area contributed by atoms with E-state index in [0.29, 0.717) is 6.54 Å². The first-order chi connectivity index (χ1) is 7.72. The van der Waals surface area contributed by atoms with E-state index >= 15 is 0 Å². The molecule has 0 bridgehead atoms. The summed E-state index contributed by atoms with van der Waals surface area (Å²) in [6.45, 7) is 1.54. The topological polar surface area (TPSA) is 29.5 Å². The van der Waals surface area contributed by atoms with E-state index in [1.165, 1.54) is 7.11 Å². The molecule has 0 amide bonds. The number of hydrogen-bond donors (Lipinski definition) is 0. The Bertz CT molecular complexity index is 394. The summed E-state index contributed by atoms with van der Waals surface area (Å²) < 4.78 is 4.75. The second kappa shape index (κ2) is 4.74. The van der Waals surface area contributed by atoms with E-state index in [1.807, 2.05) is 24.3 Å². The van der Waals surface area contributed by atoms with Crippen LogP contribution in [0.5, 0.6) is 0 Å². The molecule has 4 heteroatoms. The van der Waals surface area contributed by atoms with Crippen LogP contribution < -0.4 is 4.90 Å². The number of hydrogen-bond acceptors (Lipinski definition) is 3. The van der Waals surface area contributed by atoms with Crippen molar-refractivity contribution in [2.75, 3.05) is 25.1 Å². The van der Waals surface area contributed by atoms with Gasteiger partial charge in [0.1, 0.15) is 0 Å². The lowest BCUT2D eigenvalue weighted by atomic mass is 10.1. The molecule has 1 unspecified atom stereocenters. The number of methoxy groups -OCH3 is 1. The van der Waals surface area contributed by atoms with Crippen molar-refractivity contribution in [2.45, 2.75) is 6.42 Å². The highest BCUT2D eigenvalue weighted by molar-refractivity contribution is 6.33. The Morgan fingerprint density at radius 3 is 2.94 bits per heavy atom. The molecule has 86 valence electrons. The van der Waals surface area contributed by atoms with E-state index < -0.39 is 0 Å². The molecule has 0 aromatic heterocycles. The van der Waals surface area contributed by atoms with Crippen LogP contribution in [0.1, 0.15) is 6.42 Å². The van der Waals surface area contributed by atoms with Gasteiger partial charge in [-0.25, -0.2) is 0 Å². The maximum Gasteiger partial charge on any atom is 0.310 e. The molecule has 0 radical (unpaired) electrons. The summed E-state index contributed by atoms with van der Waals surface area (Å²) in [7, 11) is 1.43. The Labute approximate surface area is 100.0 Å². The van der Waals surface area contributed by atoms with Crippen LogP contribution >= 0.6 is 11.6 Å². The van der Waals surface area contributed by atoms with Crippen molar-refractivity contribution in [2.24, 2.45) is 5.92 Å². The third-order valence-corrected chi connectivity index (χ3v) is 3.24. The molecular weight excluding hydrogens is 226 g/mol. The average Bonchev–Trinajstić information content (AvgIpc) is 2.78. The minimum Gasteiger partial charge on any atom is -0.469 e. The zero-order chi connectivity index (χ0) is 11.5. The van der Waals surface area contributed by atoms with E-state index in [4.69, 9.17) is 16.3 Å². The van der Waals surface area contributed by atoms with E-state index in [1.54, 1.807) is 0 Å². The first-order valence-corrected chi connectivity index (χ1v) is 5.67. The zero-order valence-electron chi connectivity index (χ0n) is 9.15. The standard InChI is InChI=1S/C12H14ClNO2/c1-16-12(15)9-6-7-14(8-9)11-5-3-2-4-10(11)13/h2-5,9H,6-8H2,1H3. The lowest BCUT2D eigenvalue weighted by molar-refractivity contribution is -0.144. The molecule has 16 heavy (non-hydrogen) atoms. The van der Waals surface area contributed by atoms with Crippen LogP contribution in [0.15, 0.2) is 24.3 Å². The molecule has 0 aliphatic carbocycles. The van der Waals surface area contributed by atoms with Gasteiger partial charge >= 0.3 is 5.97 Å². The average molecular weight is 240 g/mol. The molecule has 1 aliphatic rings. The molecular formula is C12H14ClNO2. The summed E-state index contributed by atoms with van der Waals surface area (Å²) in [6.07, 6.45) is 0.831. The summed E-state index contributed by atoms with van der Waals surface area (Å²) in [5.41, 5.74) is 0.996. The quantitative estimate of drug-likeness (QED) is 0.742. The predicted molar refractivity (Wildman–Crippen MR) is 63.8 cm³/mol. The molecule has 0 N–H and O–H groups in total. The second-order valence-electron chi connectivity index (χ2n) is 3.91. The van der Waals surface area contributed by atoms with Gasteiger partial charge in [-0.15, -0.1) is 0 Å². The molecule has 3 nitrogen and oxygen atoms in total. The van der Waals surface area contributed by atoms with Gasteiger partial charge in [0, 0.05) is 13.1 Å². The van der Waals surface area contributed by atoms with Crippen LogP contribution in [0.3, 0.4) is 0 Å². The fourth-order valence-electron chi connectivity index (χ4n) is 2.05. The summed E-state index contributed by atoms with van der Waals surface area (Å²) in [4.78, 5) is 13.5. The molecule has 0 saturated carbocycles. The smallest absolute Gasteiger partial charge is 0.310 e. The van der Waals surface area contributed by atoms with Crippen molar-refractivity contribution in [1.29, 1.82) is 0 Å². The predicted octanol–water partition coefficient (Wildman–Crippen LogP) is 2.34. The maximum atomic E-state index is 11.4. The number of ether oxygens (including phenoxy) is 1. The van der Waals surface area contributed by atoms with E-state index in [2.05, 4.69) is 4.90 Å². The highest BCUT2D eigenvalue weighted by Crippen LogP contribution is 2.30. The van der Waals surface area contributed by atoms with Gasteiger partial charge < -0.3 is 9.64 Å². The van der Waals surface area contributed by atoms with Crippen molar-refractivity contribution < 1.29 is 9.53 Å². The van der Waals surface area contributed by atoms with Gasteiger partial charge in [-0.3, -0.25) is 4.79 Å². The molecule has 2 rings (SSSR count). The Balaban J connectivity index is 2.09. The molecule has 1 saturated heterocycles. The van der Waals surface area contributed by atoms with Gasteiger partial charge in [0.25, 0.3) is 0 Å². The van der Waals surface area contributed by atoms with Crippen LogP contribution in [0.2, 0.25) is 5.02 Å². The first-order valence-electron chi connectivity index (χ1n) is 5.29. The Morgan fingerprint density at radius 1 is 1.50 bits per heavy atom. The molecule has 0 spiro atoms. The monoisotopic (exact) mass is 239 g/mol. The fourth-order valence-corrected chi connectivity index (χ4v) is 2.30. The Morgan fingerprint density at radius 2 is 2.25 bits per heavy atom. The van der Waals surface area contributed by atoms with E-state index in [9.17, 15) is 4.79 Å². The summed E-state index contributed by atoms with van der Waals surface area (Å²) in [5, 5.41) is 0.730. The lowest BCUT2D eigenvalue weighted by Crippen LogP contribution is -2.23. The van der Waals surface area contributed by atoms with E-state index in [0.717, 1.165) is 23.7 Å². The van der Waals surface area contributed by atoms with Crippen molar-refractivity contribution in [1.82, 2.24) is 0 Å². The third kappa shape index (κ3) is 2.14. The number of anilines is 1. The number of halogens is 1. The highest BCUT2D eigenvalue weighted by Gasteiger charge is 2.29. The largest absolute Gasteiger partial charge is 0.469 e. The molecule has 1 heterocycles. The Kier molecular flexibility index (Phi) is 3.34. The summed E-state index contributed by atoms with van der Waals surface area (Å²) in [6, 6.07) is 7.69. The second-order valence-corrected chi connectivity index (χ2v) is 4.31. The summed E-state index contributed by atoms with van der Waals surface area (Å²) in [5.74, 6) is -0.157. The fraction of sp³-hybridized carbons (Fsp3) is 0.417.